The predicted molar refractivity (Wildman–Crippen MR) is 86.5 cm³/mol. The highest BCUT2D eigenvalue weighted by Crippen LogP contribution is 2.26. The maximum atomic E-state index is 12.6. The molecule has 1 N–H and O–H groups in total. The van der Waals surface area contributed by atoms with Crippen molar-refractivity contribution in [3.05, 3.63) is 35.4 Å². The molecule has 0 saturated carbocycles. The van der Waals surface area contributed by atoms with E-state index < -0.39 is 0 Å². The SMILES string of the molecule is O=C(CN1CCC2CNCC2C1)N1CCc2ccccc2C1. The summed E-state index contributed by atoms with van der Waals surface area (Å²) >= 11 is 0. The molecule has 0 spiro atoms. The minimum Gasteiger partial charge on any atom is -0.337 e. The van der Waals surface area contributed by atoms with Crippen LogP contribution < -0.4 is 5.32 Å². The van der Waals surface area contributed by atoms with Gasteiger partial charge in [-0.25, -0.2) is 0 Å². The third-order valence-electron chi connectivity index (χ3n) is 5.63. The molecular formula is C18H25N3O. The van der Waals surface area contributed by atoms with E-state index in [-0.39, 0.29) is 0 Å². The molecule has 4 rings (SSSR count). The molecule has 1 aromatic rings. The van der Waals surface area contributed by atoms with Crippen LogP contribution in [0.2, 0.25) is 0 Å². The number of carbonyl (C=O) groups is 1. The fourth-order valence-corrected chi connectivity index (χ4v) is 4.25. The Hall–Kier alpha value is -1.39. The fraction of sp³-hybridized carbons (Fsp3) is 0.611. The largest absolute Gasteiger partial charge is 0.337 e. The Morgan fingerprint density at radius 3 is 2.86 bits per heavy atom. The molecule has 0 aromatic heterocycles. The third-order valence-corrected chi connectivity index (χ3v) is 5.63. The standard InChI is InChI=1S/C18H25N3O/c22-18(13-20-7-5-15-9-19-10-17(15)11-20)21-8-6-14-3-1-2-4-16(14)12-21/h1-4,15,17,19H,5-13H2. The van der Waals surface area contributed by atoms with E-state index in [4.69, 9.17) is 0 Å². The zero-order valence-electron chi connectivity index (χ0n) is 13.1. The summed E-state index contributed by atoms with van der Waals surface area (Å²) < 4.78 is 0. The molecule has 0 radical (unpaired) electrons. The van der Waals surface area contributed by atoms with E-state index in [2.05, 4.69) is 34.5 Å². The first-order valence-electron chi connectivity index (χ1n) is 8.57. The maximum absolute atomic E-state index is 12.6. The number of hydrogen-bond donors (Lipinski definition) is 1. The van der Waals surface area contributed by atoms with Crippen LogP contribution in [0.1, 0.15) is 17.5 Å². The van der Waals surface area contributed by atoms with Gasteiger partial charge in [0.1, 0.15) is 0 Å². The van der Waals surface area contributed by atoms with Crippen molar-refractivity contribution in [2.24, 2.45) is 11.8 Å². The van der Waals surface area contributed by atoms with Gasteiger partial charge in [-0.1, -0.05) is 24.3 Å². The number of fused-ring (bicyclic) bond motifs is 2. The summed E-state index contributed by atoms with van der Waals surface area (Å²) in [6.07, 6.45) is 2.24. The topological polar surface area (TPSA) is 35.6 Å². The molecule has 2 atom stereocenters. The van der Waals surface area contributed by atoms with Gasteiger partial charge in [0.25, 0.3) is 0 Å². The molecule has 2 fully saturated rings. The van der Waals surface area contributed by atoms with Crippen molar-refractivity contribution in [3.8, 4) is 0 Å². The van der Waals surface area contributed by atoms with E-state index in [0.717, 1.165) is 51.0 Å². The normalized spacial score (nSPS) is 28.3. The molecule has 0 bridgehead atoms. The lowest BCUT2D eigenvalue weighted by Crippen LogP contribution is -2.47. The van der Waals surface area contributed by atoms with Gasteiger partial charge in [0.05, 0.1) is 6.54 Å². The second kappa shape index (κ2) is 6.01. The van der Waals surface area contributed by atoms with Gasteiger partial charge in [-0.15, -0.1) is 0 Å². The number of piperidine rings is 1. The number of amides is 1. The number of hydrogen-bond acceptors (Lipinski definition) is 3. The summed E-state index contributed by atoms with van der Waals surface area (Å²) in [7, 11) is 0. The van der Waals surface area contributed by atoms with E-state index in [1.807, 2.05) is 4.90 Å². The Morgan fingerprint density at radius 2 is 1.95 bits per heavy atom. The zero-order chi connectivity index (χ0) is 14.9. The third kappa shape index (κ3) is 2.77. The molecule has 22 heavy (non-hydrogen) atoms. The summed E-state index contributed by atoms with van der Waals surface area (Å²) in [5.74, 6) is 1.90. The molecular weight excluding hydrogens is 274 g/mol. The van der Waals surface area contributed by atoms with E-state index >= 15 is 0 Å². The van der Waals surface area contributed by atoms with Crippen LogP contribution in [0, 0.1) is 11.8 Å². The predicted octanol–water partition coefficient (Wildman–Crippen LogP) is 1.11. The minimum atomic E-state index is 0.305. The summed E-state index contributed by atoms with van der Waals surface area (Å²) in [5.41, 5.74) is 2.73. The average molecular weight is 299 g/mol. The molecule has 1 aromatic carbocycles. The Kier molecular flexibility index (Phi) is 3.89. The Bertz CT molecular complexity index is 559. The second-order valence-electron chi connectivity index (χ2n) is 7.04. The van der Waals surface area contributed by atoms with Crippen molar-refractivity contribution in [2.75, 3.05) is 39.3 Å². The first-order chi connectivity index (χ1) is 10.8. The van der Waals surface area contributed by atoms with Crippen LogP contribution in [0.25, 0.3) is 0 Å². The number of rotatable bonds is 2. The Balaban J connectivity index is 1.35. The first-order valence-corrected chi connectivity index (χ1v) is 8.57. The van der Waals surface area contributed by atoms with E-state index in [1.165, 1.54) is 24.1 Å². The minimum absolute atomic E-state index is 0.305. The summed E-state index contributed by atoms with van der Waals surface area (Å²) in [5, 5.41) is 3.49. The monoisotopic (exact) mass is 299 g/mol. The number of carbonyl (C=O) groups excluding carboxylic acids is 1. The summed E-state index contributed by atoms with van der Waals surface area (Å²) in [6, 6.07) is 8.51. The van der Waals surface area contributed by atoms with Gasteiger partial charge in [0, 0.05) is 19.6 Å². The average Bonchev–Trinajstić information content (AvgIpc) is 3.02. The van der Waals surface area contributed by atoms with Gasteiger partial charge in [-0.05, 0) is 55.4 Å². The molecule has 118 valence electrons. The Labute approximate surface area is 132 Å². The first kappa shape index (κ1) is 14.2. The summed E-state index contributed by atoms with van der Waals surface area (Å²) in [4.78, 5) is 17.1. The van der Waals surface area contributed by atoms with Crippen molar-refractivity contribution in [3.63, 3.8) is 0 Å². The van der Waals surface area contributed by atoms with Crippen LogP contribution in [0.5, 0.6) is 0 Å². The lowest BCUT2D eigenvalue weighted by molar-refractivity contribution is -0.133. The fourth-order valence-electron chi connectivity index (χ4n) is 4.25. The lowest BCUT2D eigenvalue weighted by atomic mass is 9.89. The number of likely N-dealkylation sites (tertiary alicyclic amines) is 1. The number of nitrogens with zero attached hydrogens (tertiary/aromatic N) is 2. The van der Waals surface area contributed by atoms with Crippen LogP contribution in [0.15, 0.2) is 24.3 Å². The van der Waals surface area contributed by atoms with Crippen molar-refractivity contribution >= 4 is 5.91 Å². The van der Waals surface area contributed by atoms with Crippen molar-refractivity contribution in [2.45, 2.75) is 19.4 Å². The van der Waals surface area contributed by atoms with E-state index in [9.17, 15) is 4.79 Å². The molecule has 1 amide bonds. The van der Waals surface area contributed by atoms with Crippen LogP contribution in [-0.2, 0) is 17.8 Å². The van der Waals surface area contributed by atoms with Crippen molar-refractivity contribution in [1.29, 1.82) is 0 Å². The van der Waals surface area contributed by atoms with Crippen molar-refractivity contribution < 1.29 is 4.79 Å². The Morgan fingerprint density at radius 1 is 1.14 bits per heavy atom. The highest BCUT2D eigenvalue weighted by Gasteiger charge is 2.33. The van der Waals surface area contributed by atoms with Gasteiger partial charge in [-0.2, -0.15) is 0 Å². The van der Waals surface area contributed by atoms with Gasteiger partial charge >= 0.3 is 0 Å². The molecule has 3 aliphatic rings. The molecule has 0 aliphatic carbocycles. The maximum Gasteiger partial charge on any atom is 0.237 e. The lowest BCUT2D eigenvalue weighted by Gasteiger charge is -2.36. The molecule has 2 unspecified atom stereocenters. The van der Waals surface area contributed by atoms with E-state index in [0.29, 0.717) is 12.5 Å². The number of benzene rings is 1. The van der Waals surface area contributed by atoms with E-state index in [1.54, 1.807) is 0 Å². The smallest absolute Gasteiger partial charge is 0.237 e. The van der Waals surface area contributed by atoms with Crippen LogP contribution in [-0.4, -0.2) is 55.0 Å². The summed E-state index contributed by atoms with van der Waals surface area (Å²) in [6.45, 7) is 6.74. The number of nitrogens with one attached hydrogen (secondary N) is 1. The molecule has 2 saturated heterocycles. The molecule has 4 nitrogen and oxygen atoms in total. The van der Waals surface area contributed by atoms with Gasteiger partial charge in [0.2, 0.25) is 5.91 Å². The van der Waals surface area contributed by atoms with Crippen LogP contribution >= 0.6 is 0 Å². The highest BCUT2D eigenvalue weighted by molar-refractivity contribution is 5.78. The van der Waals surface area contributed by atoms with Gasteiger partial charge in [0.15, 0.2) is 0 Å². The molecule has 3 heterocycles. The van der Waals surface area contributed by atoms with Crippen molar-refractivity contribution in [1.82, 2.24) is 15.1 Å². The molecule has 3 aliphatic heterocycles. The van der Waals surface area contributed by atoms with Crippen LogP contribution in [0.4, 0.5) is 0 Å². The quantitative estimate of drug-likeness (QED) is 0.889. The second-order valence-corrected chi connectivity index (χ2v) is 7.04. The highest BCUT2D eigenvalue weighted by atomic mass is 16.2. The van der Waals surface area contributed by atoms with Gasteiger partial charge in [-0.3, -0.25) is 9.69 Å². The molecule has 4 heteroatoms. The zero-order valence-corrected chi connectivity index (χ0v) is 13.1. The van der Waals surface area contributed by atoms with Gasteiger partial charge < -0.3 is 10.2 Å². The van der Waals surface area contributed by atoms with Crippen LogP contribution in [0.3, 0.4) is 0 Å².